The summed E-state index contributed by atoms with van der Waals surface area (Å²) < 4.78 is 0. The first-order valence-corrected chi connectivity index (χ1v) is 6.50. The van der Waals surface area contributed by atoms with Crippen LogP contribution in [0.4, 0.5) is 5.69 Å². The number of nitrogens with two attached hydrogens (primary N) is 1. The third-order valence-electron chi connectivity index (χ3n) is 3.15. The Hall–Kier alpha value is -1.26. The molecule has 2 rings (SSSR count). The fourth-order valence-corrected chi connectivity index (χ4v) is 2.33. The van der Waals surface area contributed by atoms with E-state index in [4.69, 9.17) is 17.3 Å². The van der Waals surface area contributed by atoms with Crippen LogP contribution in [0.15, 0.2) is 24.3 Å². The van der Waals surface area contributed by atoms with Gasteiger partial charge < -0.3 is 15.5 Å². The van der Waals surface area contributed by atoms with Crippen molar-refractivity contribution < 1.29 is 4.79 Å². The molecule has 5 heteroatoms. The zero-order chi connectivity index (χ0) is 13.1. The second-order valence-corrected chi connectivity index (χ2v) is 5.02. The molecule has 1 atom stereocenters. The summed E-state index contributed by atoms with van der Waals surface area (Å²) in [6, 6.07) is 7.38. The smallest absolute Gasteiger partial charge is 0.239 e. The zero-order valence-corrected chi connectivity index (χ0v) is 11.2. The molecule has 0 bridgehead atoms. The Bertz CT molecular complexity index is 428. The maximum atomic E-state index is 11.8. The minimum atomic E-state index is -0.414. The molecule has 0 aromatic heterocycles. The highest BCUT2D eigenvalue weighted by atomic mass is 35.5. The molecule has 1 saturated heterocycles. The monoisotopic (exact) mass is 267 g/mol. The van der Waals surface area contributed by atoms with Crippen LogP contribution >= 0.6 is 11.6 Å². The molecule has 18 heavy (non-hydrogen) atoms. The topological polar surface area (TPSA) is 49.6 Å². The number of amides is 1. The van der Waals surface area contributed by atoms with Crippen molar-refractivity contribution in [2.24, 2.45) is 5.73 Å². The lowest BCUT2D eigenvalue weighted by Crippen LogP contribution is -2.52. The molecule has 1 aromatic carbocycles. The molecule has 0 spiro atoms. The van der Waals surface area contributed by atoms with Crippen LogP contribution in [0.2, 0.25) is 5.02 Å². The Labute approximate surface area is 112 Å². The Morgan fingerprint density at radius 2 is 2.00 bits per heavy atom. The molecule has 0 aliphatic carbocycles. The van der Waals surface area contributed by atoms with E-state index in [9.17, 15) is 4.79 Å². The van der Waals surface area contributed by atoms with Gasteiger partial charge in [-0.3, -0.25) is 4.79 Å². The molecule has 4 nitrogen and oxygen atoms in total. The first-order chi connectivity index (χ1) is 8.58. The molecule has 0 unspecified atom stereocenters. The van der Waals surface area contributed by atoms with Gasteiger partial charge in [-0.15, -0.1) is 0 Å². The number of rotatable bonds is 2. The van der Waals surface area contributed by atoms with Crippen molar-refractivity contribution in [3.8, 4) is 0 Å². The van der Waals surface area contributed by atoms with Gasteiger partial charge in [0.1, 0.15) is 0 Å². The van der Waals surface area contributed by atoms with E-state index in [1.165, 1.54) is 0 Å². The normalized spacial score (nSPS) is 17.7. The van der Waals surface area contributed by atoms with Gasteiger partial charge in [0.25, 0.3) is 0 Å². The van der Waals surface area contributed by atoms with E-state index in [2.05, 4.69) is 4.90 Å². The SMILES string of the molecule is C[C@@H](N)C(=O)N1CCN(c2cccc(Cl)c2)CC1. The van der Waals surface area contributed by atoms with Gasteiger partial charge in [0.15, 0.2) is 0 Å². The molecule has 1 fully saturated rings. The van der Waals surface area contributed by atoms with Gasteiger partial charge in [0.2, 0.25) is 5.91 Å². The van der Waals surface area contributed by atoms with Crippen LogP contribution in [0.3, 0.4) is 0 Å². The van der Waals surface area contributed by atoms with Crippen molar-refractivity contribution in [3.63, 3.8) is 0 Å². The Morgan fingerprint density at radius 3 is 2.56 bits per heavy atom. The lowest BCUT2D eigenvalue weighted by molar-refractivity contribution is -0.132. The number of hydrogen-bond acceptors (Lipinski definition) is 3. The van der Waals surface area contributed by atoms with Crippen LogP contribution in [0.1, 0.15) is 6.92 Å². The van der Waals surface area contributed by atoms with Crippen molar-refractivity contribution >= 4 is 23.2 Å². The molecule has 1 aromatic rings. The Balaban J connectivity index is 1.96. The molecule has 0 saturated carbocycles. The van der Waals surface area contributed by atoms with Crippen molar-refractivity contribution in [1.82, 2.24) is 4.90 Å². The highest BCUT2D eigenvalue weighted by molar-refractivity contribution is 6.30. The molecule has 98 valence electrons. The highest BCUT2D eigenvalue weighted by Gasteiger charge is 2.23. The van der Waals surface area contributed by atoms with Gasteiger partial charge in [-0.2, -0.15) is 0 Å². The summed E-state index contributed by atoms with van der Waals surface area (Å²) in [5.74, 6) is 0.0285. The second kappa shape index (κ2) is 5.59. The second-order valence-electron chi connectivity index (χ2n) is 4.58. The van der Waals surface area contributed by atoms with Crippen molar-refractivity contribution in [1.29, 1.82) is 0 Å². The minimum absolute atomic E-state index is 0.0285. The van der Waals surface area contributed by atoms with Gasteiger partial charge in [0, 0.05) is 36.9 Å². The summed E-state index contributed by atoms with van der Waals surface area (Å²) in [5, 5.41) is 0.738. The van der Waals surface area contributed by atoms with Crippen LogP contribution < -0.4 is 10.6 Å². The molecule has 2 N–H and O–H groups in total. The van der Waals surface area contributed by atoms with E-state index >= 15 is 0 Å². The van der Waals surface area contributed by atoms with Gasteiger partial charge in [0.05, 0.1) is 6.04 Å². The highest BCUT2D eigenvalue weighted by Crippen LogP contribution is 2.20. The number of carbonyl (C=O) groups is 1. The molecule has 1 amide bonds. The average Bonchev–Trinajstić information content (AvgIpc) is 2.38. The van der Waals surface area contributed by atoms with Gasteiger partial charge in [-0.05, 0) is 25.1 Å². The summed E-state index contributed by atoms with van der Waals surface area (Å²) in [4.78, 5) is 15.8. The van der Waals surface area contributed by atoms with Gasteiger partial charge in [-0.1, -0.05) is 17.7 Å². The zero-order valence-electron chi connectivity index (χ0n) is 10.5. The number of nitrogens with zero attached hydrogens (tertiary/aromatic N) is 2. The summed E-state index contributed by atoms with van der Waals surface area (Å²) in [7, 11) is 0. The number of piperazine rings is 1. The maximum absolute atomic E-state index is 11.8. The van der Waals surface area contributed by atoms with Crippen LogP contribution in [-0.2, 0) is 4.79 Å². The third kappa shape index (κ3) is 2.94. The first kappa shape index (κ1) is 13.2. The number of hydrogen-bond donors (Lipinski definition) is 1. The summed E-state index contributed by atoms with van der Waals surface area (Å²) in [6.07, 6.45) is 0. The van der Waals surface area contributed by atoms with Crippen LogP contribution in [-0.4, -0.2) is 43.0 Å². The number of halogens is 1. The maximum Gasteiger partial charge on any atom is 0.239 e. The van der Waals surface area contributed by atoms with E-state index in [1.807, 2.05) is 29.2 Å². The number of benzene rings is 1. The standard InChI is InChI=1S/C13H18ClN3O/c1-10(15)13(18)17-7-5-16(6-8-17)12-4-2-3-11(14)9-12/h2-4,9-10H,5-8,15H2,1H3/t10-/m1/s1. The van der Waals surface area contributed by atoms with Crippen LogP contribution in [0, 0.1) is 0 Å². The minimum Gasteiger partial charge on any atom is -0.368 e. The average molecular weight is 268 g/mol. The molecular formula is C13H18ClN3O. The quantitative estimate of drug-likeness (QED) is 0.880. The Kier molecular flexibility index (Phi) is 4.09. The van der Waals surface area contributed by atoms with Gasteiger partial charge in [-0.25, -0.2) is 0 Å². The first-order valence-electron chi connectivity index (χ1n) is 6.13. The summed E-state index contributed by atoms with van der Waals surface area (Å²) in [6.45, 7) is 4.79. The number of carbonyl (C=O) groups excluding carboxylic acids is 1. The number of anilines is 1. The van der Waals surface area contributed by atoms with Crippen molar-refractivity contribution in [2.45, 2.75) is 13.0 Å². The van der Waals surface area contributed by atoms with E-state index in [-0.39, 0.29) is 5.91 Å². The molecule has 1 aliphatic heterocycles. The molecule has 1 aliphatic rings. The van der Waals surface area contributed by atoms with E-state index in [1.54, 1.807) is 6.92 Å². The predicted octanol–water partition coefficient (Wildman–Crippen LogP) is 1.34. The molecular weight excluding hydrogens is 250 g/mol. The van der Waals surface area contributed by atoms with E-state index < -0.39 is 6.04 Å². The van der Waals surface area contributed by atoms with E-state index in [0.717, 1.165) is 23.8 Å². The lowest BCUT2D eigenvalue weighted by Gasteiger charge is -2.36. The largest absolute Gasteiger partial charge is 0.368 e. The van der Waals surface area contributed by atoms with Crippen molar-refractivity contribution in [2.75, 3.05) is 31.1 Å². The van der Waals surface area contributed by atoms with Crippen LogP contribution in [0.25, 0.3) is 0 Å². The molecule has 0 radical (unpaired) electrons. The molecule has 1 heterocycles. The third-order valence-corrected chi connectivity index (χ3v) is 3.39. The van der Waals surface area contributed by atoms with Crippen molar-refractivity contribution in [3.05, 3.63) is 29.3 Å². The summed E-state index contributed by atoms with van der Waals surface area (Å²) in [5.41, 5.74) is 6.72. The lowest BCUT2D eigenvalue weighted by atomic mass is 10.2. The summed E-state index contributed by atoms with van der Waals surface area (Å²) >= 11 is 5.98. The van der Waals surface area contributed by atoms with E-state index in [0.29, 0.717) is 13.1 Å². The Morgan fingerprint density at radius 1 is 1.33 bits per heavy atom. The predicted molar refractivity (Wildman–Crippen MR) is 73.9 cm³/mol. The fourth-order valence-electron chi connectivity index (χ4n) is 2.15. The van der Waals surface area contributed by atoms with Gasteiger partial charge >= 0.3 is 0 Å². The van der Waals surface area contributed by atoms with Crippen LogP contribution in [0.5, 0.6) is 0 Å². The fraction of sp³-hybridized carbons (Fsp3) is 0.462.